The number of fused-ring (bicyclic) bond motifs is 3. The van der Waals surface area contributed by atoms with Gasteiger partial charge in [0.25, 0.3) is 0 Å². The lowest BCUT2D eigenvalue weighted by Crippen LogP contribution is -2.20. The predicted octanol–water partition coefficient (Wildman–Crippen LogP) is 3.08. The maximum atomic E-state index is 2.29. The van der Waals surface area contributed by atoms with Crippen LogP contribution in [0.15, 0.2) is 42.5 Å². The fraction of sp³-hybridized carbons (Fsp3) is 0.250. The van der Waals surface area contributed by atoms with Gasteiger partial charge in [0.2, 0.25) is 0 Å². The van der Waals surface area contributed by atoms with Gasteiger partial charge in [-0.3, -0.25) is 0 Å². The van der Waals surface area contributed by atoms with Gasteiger partial charge in [-0.15, -0.1) is 0 Å². The summed E-state index contributed by atoms with van der Waals surface area (Å²) < 4.78 is 0. The number of benzene rings is 2. The van der Waals surface area contributed by atoms with E-state index in [1.54, 1.807) is 0 Å². The Morgan fingerprint density at radius 2 is 1.59 bits per heavy atom. The lowest BCUT2D eigenvalue weighted by molar-refractivity contribution is 0.870. The van der Waals surface area contributed by atoms with E-state index in [2.05, 4.69) is 63.6 Å². The number of hydrogen-bond acceptors (Lipinski definition) is 0. The van der Waals surface area contributed by atoms with Gasteiger partial charge < -0.3 is 0 Å². The average Bonchev–Trinajstić information content (AvgIpc) is 2.66. The Hall–Kier alpha value is -1.50. The van der Waals surface area contributed by atoms with Crippen LogP contribution in [0.2, 0.25) is 0 Å². The second-order valence-electron chi connectivity index (χ2n) is 4.70. The second-order valence-corrected chi connectivity index (χ2v) is 4.70. The molecule has 0 aliphatic carbocycles. The third-order valence-corrected chi connectivity index (χ3v) is 3.29. The van der Waals surface area contributed by atoms with Crippen LogP contribution in [0.1, 0.15) is 32.8 Å². The van der Waals surface area contributed by atoms with E-state index in [0.717, 1.165) is 0 Å². The number of rotatable bonds is 1. The smallest absolute Gasteiger partial charge is 0.0776 e. The first-order chi connectivity index (χ1) is 7.77. The van der Waals surface area contributed by atoms with E-state index in [-0.39, 0.29) is 7.43 Å². The summed E-state index contributed by atoms with van der Waals surface area (Å²) in [6.07, 6.45) is 0. The molecule has 0 saturated heterocycles. The third-order valence-electron chi connectivity index (χ3n) is 3.29. The Bertz CT molecular complexity index is 541. The standard InChI is InChI=1S/C15H14B.CH4/c1-10(2)11-7-5-9-14-15(11)12-6-3-4-8-13(12)16-14;/h3-10H,1-2H3;1H4. The minimum atomic E-state index is 0. The molecule has 2 aromatic carbocycles. The highest BCUT2D eigenvalue weighted by molar-refractivity contribution is 6.73. The molecule has 0 nitrogen and oxygen atoms in total. The van der Waals surface area contributed by atoms with Crippen LogP contribution in [-0.4, -0.2) is 7.28 Å². The Morgan fingerprint density at radius 3 is 2.35 bits per heavy atom. The molecule has 1 heterocycles. The van der Waals surface area contributed by atoms with Gasteiger partial charge in [0.15, 0.2) is 7.28 Å². The van der Waals surface area contributed by atoms with Gasteiger partial charge >= 0.3 is 0 Å². The van der Waals surface area contributed by atoms with E-state index >= 15 is 0 Å². The quantitative estimate of drug-likeness (QED) is 0.554. The maximum Gasteiger partial charge on any atom is 0.193 e. The van der Waals surface area contributed by atoms with Crippen molar-refractivity contribution in [2.75, 3.05) is 0 Å². The average molecular weight is 221 g/mol. The normalized spacial score (nSPS) is 11.5. The van der Waals surface area contributed by atoms with Crippen molar-refractivity contribution in [3.05, 3.63) is 48.0 Å². The van der Waals surface area contributed by atoms with Crippen molar-refractivity contribution in [1.82, 2.24) is 0 Å². The topological polar surface area (TPSA) is 0 Å². The molecule has 1 aliphatic rings. The van der Waals surface area contributed by atoms with E-state index in [1.165, 1.54) is 27.6 Å². The summed E-state index contributed by atoms with van der Waals surface area (Å²) in [5, 5.41) is 0. The molecule has 85 valence electrons. The fourth-order valence-electron chi connectivity index (χ4n) is 2.52. The Kier molecular flexibility index (Phi) is 3.10. The monoisotopic (exact) mass is 221 g/mol. The SMILES string of the molecule is C.CC(C)c1cccc2c1-c1ccccc1[B]2. The van der Waals surface area contributed by atoms with Crippen LogP contribution in [0, 0.1) is 0 Å². The van der Waals surface area contributed by atoms with Crippen molar-refractivity contribution in [2.45, 2.75) is 27.2 Å². The van der Waals surface area contributed by atoms with Crippen molar-refractivity contribution in [2.24, 2.45) is 0 Å². The molecule has 0 unspecified atom stereocenters. The van der Waals surface area contributed by atoms with Gasteiger partial charge in [-0.25, -0.2) is 0 Å². The zero-order valence-corrected chi connectivity index (χ0v) is 9.70. The summed E-state index contributed by atoms with van der Waals surface area (Å²) in [6.45, 7) is 4.52. The summed E-state index contributed by atoms with van der Waals surface area (Å²) in [6, 6.07) is 15.3. The second kappa shape index (κ2) is 4.41. The molecule has 1 radical (unpaired) electrons. The van der Waals surface area contributed by atoms with Crippen LogP contribution in [-0.2, 0) is 0 Å². The summed E-state index contributed by atoms with van der Waals surface area (Å²) in [4.78, 5) is 0. The van der Waals surface area contributed by atoms with E-state index in [4.69, 9.17) is 0 Å². The van der Waals surface area contributed by atoms with E-state index in [9.17, 15) is 0 Å². The van der Waals surface area contributed by atoms with Crippen molar-refractivity contribution in [1.29, 1.82) is 0 Å². The molecule has 1 aliphatic heterocycles. The first-order valence-corrected chi connectivity index (χ1v) is 5.84. The summed E-state index contributed by atoms with van der Waals surface area (Å²) in [7, 11) is 2.29. The van der Waals surface area contributed by atoms with Gasteiger partial charge in [0.1, 0.15) is 0 Å². The van der Waals surface area contributed by atoms with E-state index < -0.39 is 0 Å². The maximum absolute atomic E-state index is 2.29. The highest BCUT2D eigenvalue weighted by Crippen LogP contribution is 2.28. The minimum absolute atomic E-state index is 0. The summed E-state index contributed by atoms with van der Waals surface area (Å²) in [5.41, 5.74) is 7.01. The van der Waals surface area contributed by atoms with Gasteiger partial charge in [-0.05, 0) is 22.6 Å². The Morgan fingerprint density at radius 1 is 0.882 bits per heavy atom. The molecular formula is C16H18B. The number of hydrogen-bond donors (Lipinski definition) is 0. The van der Waals surface area contributed by atoms with Crippen molar-refractivity contribution >= 4 is 18.2 Å². The highest BCUT2D eigenvalue weighted by atomic mass is 14.2. The van der Waals surface area contributed by atoms with Gasteiger partial charge in [-0.1, -0.05) is 74.7 Å². The summed E-state index contributed by atoms with van der Waals surface area (Å²) >= 11 is 0. The predicted molar refractivity (Wildman–Crippen MR) is 77.7 cm³/mol. The molecular weight excluding hydrogens is 203 g/mol. The highest BCUT2D eigenvalue weighted by Gasteiger charge is 2.22. The fourth-order valence-corrected chi connectivity index (χ4v) is 2.52. The van der Waals surface area contributed by atoms with Crippen LogP contribution >= 0.6 is 0 Å². The molecule has 3 rings (SSSR count). The van der Waals surface area contributed by atoms with Gasteiger partial charge in [0, 0.05) is 0 Å². The summed E-state index contributed by atoms with van der Waals surface area (Å²) in [5.74, 6) is 0.578. The Balaban J connectivity index is 0.00000108. The zero-order chi connectivity index (χ0) is 11.1. The van der Waals surface area contributed by atoms with Crippen molar-refractivity contribution < 1.29 is 0 Å². The molecule has 0 saturated carbocycles. The first-order valence-electron chi connectivity index (χ1n) is 5.84. The molecule has 0 fully saturated rings. The minimum Gasteiger partial charge on any atom is -0.0776 e. The zero-order valence-electron chi connectivity index (χ0n) is 9.70. The molecule has 0 amide bonds. The molecule has 1 heteroatoms. The van der Waals surface area contributed by atoms with Crippen molar-refractivity contribution in [3.8, 4) is 11.1 Å². The van der Waals surface area contributed by atoms with E-state index in [0.29, 0.717) is 5.92 Å². The lowest BCUT2D eigenvalue weighted by Gasteiger charge is -2.13. The molecule has 0 N–H and O–H groups in total. The molecule has 2 aromatic rings. The van der Waals surface area contributed by atoms with Crippen LogP contribution in [0.4, 0.5) is 0 Å². The van der Waals surface area contributed by atoms with Crippen molar-refractivity contribution in [3.63, 3.8) is 0 Å². The molecule has 0 spiro atoms. The molecule has 0 bridgehead atoms. The van der Waals surface area contributed by atoms with E-state index in [1.807, 2.05) is 0 Å². The van der Waals surface area contributed by atoms with Crippen LogP contribution in [0.25, 0.3) is 11.1 Å². The Labute approximate surface area is 105 Å². The third kappa shape index (κ3) is 1.80. The lowest BCUT2D eigenvalue weighted by atomic mass is 9.68. The molecule has 0 atom stereocenters. The van der Waals surface area contributed by atoms with Gasteiger partial charge in [0.05, 0.1) is 0 Å². The van der Waals surface area contributed by atoms with Crippen LogP contribution in [0.5, 0.6) is 0 Å². The van der Waals surface area contributed by atoms with Gasteiger partial charge in [-0.2, -0.15) is 0 Å². The van der Waals surface area contributed by atoms with Crippen LogP contribution in [0.3, 0.4) is 0 Å². The molecule has 0 aromatic heterocycles. The molecule has 17 heavy (non-hydrogen) atoms. The van der Waals surface area contributed by atoms with Crippen LogP contribution < -0.4 is 10.9 Å². The first kappa shape index (κ1) is 12.0. The largest absolute Gasteiger partial charge is 0.193 e.